The van der Waals surface area contributed by atoms with Gasteiger partial charge in [-0.05, 0) is 57.8 Å². The summed E-state index contributed by atoms with van der Waals surface area (Å²) in [5.74, 6) is -0.0811. The van der Waals surface area contributed by atoms with E-state index < -0.39 is 12.1 Å². The molecular formula is C55H105NO5. The number of amides is 1. The summed E-state index contributed by atoms with van der Waals surface area (Å²) < 4.78 is 5.48. The van der Waals surface area contributed by atoms with Crippen molar-refractivity contribution in [2.24, 2.45) is 0 Å². The third-order valence-corrected chi connectivity index (χ3v) is 12.5. The number of unbranched alkanes of at least 4 members (excludes halogenated alkanes) is 37. The molecule has 3 N–H and O–H groups in total. The van der Waals surface area contributed by atoms with Gasteiger partial charge in [-0.1, -0.05) is 244 Å². The van der Waals surface area contributed by atoms with Crippen molar-refractivity contribution < 1.29 is 24.5 Å². The van der Waals surface area contributed by atoms with E-state index in [-0.39, 0.29) is 18.5 Å². The molecule has 0 aromatic heterocycles. The van der Waals surface area contributed by atoms with Gasteiger partial charge in [0.1, 0.15) is 0 Å². The Hall–Kier alpha value is -1.66. The Morgan fingerprint density at radius 2 is 0.770 bits per heavy atom. The first kappa shape index (κ1) is 59.3. The third kappa shape index (κ3) is 47.7. The quantitative estimate of drug-likeness (QED) is 0.0322. The smallest absolute Gasteiger partial charge is 0.305 e. The van der Waals surface area contributed by atoms with E-state index in [1.165, 1.54) is 212 Å². The number of allylic oxidation sites excluding steroid dienone is 3. The molecule has 0 heterocycles. The number of aliphatic hydroxyl groups excluding tert-OH is 2. The molecule has 0 saturated carbocycles. The number of ether oxygens (including phenoxy) is 1. The van der Waals surface area contributed by atoms with Crippen LogP contribution >= 0.6 is 0 Å². The molecule has 61 heavy (non-hydrogen) atoms. The fraction of sp³-hybridized carbons (Fsp3) is 0.891. The molecule has 0 bridgehead atoms. The van der Waals surface area contributed by atoms with E-state index in [1.807, 2.05) is 6.08 Å². The predicted molar refractivity (Wildman–Crippen MR) is 264 cm³/mol. The van der Waals surface area contributed by atoms with Crippen molar-refractivity contribution in [2.75, 3.05) is 13.2 Å². The van der Waals surface area contributed by atoms with Crippen molar-refractivity contribution in [1.82, 2.24) is 5.32 Å². The summed E-state index contributed by atoms with van der Waals surface area (Å²) >= 11 is 0. The molecule has 0 radical (unpaired) electrons. The maximum atomic E-state index is 12.4. The summed E-state index contributed by atoms with van der Waals surface area (Å²) in [6.07, 6.45) is 60.4. The molecule has 360 valence electrons. The molecule has 0 saturated heterocycles. The Balaban J connectivity index is 3.43. The van der Waals surface area contributed by atoms with Gasteiger partial charge in [0, 0.05) is 12.8 Å². The van der Waals surface area contributed by atoms with Crippen molar-refractivity contribution in [2.45, 2.75) is 302 Å². The van der Waals surface area contributed by atoms with Gasteiger partial charge >= 0.3 is 5.97 Å². The molecule has 2 atom stereocenters. The number of hydrogen-bond acceptors (Lipinski definition) is 5. The molecule has 0 fully saturated rings. The van der Waals surface area contributed by atoms with Gasteiger partial charge in [-0.25, -0.2) is 0 Å². The fourth-order valence-corrected chi connectivity index (χ4v) is 8.27. The minimum atomic E-state index is -0.849. The van der Waals surface area contributed by atoms with Gasteiger partial charge in [0.15, 0.2) is 0 Å². The van der Waals surface area contributed by atoms with Crippen LogP contribution in [0.5, 0.6) is 0 Å². The van der Waals surface area contributed by atoms with Crippen molar-refractivity contribution >= 4 is 11.9 Å². The number of carbonyl (C=O) groups is 2. The first-order valence-corrected chi connectivity index (χ1v) is 27.1. The second kappa shape index (κ2) is 51.0. The van der Waals surface area contributed by atoms with Gasteiger partial charge in [0.05, 0.1) is 25.4 Å². The molecule has 0 aromatic carbocycles. The van der Waals surface area contributed by atoms with E-state index in [2.05, 4.69) is 31.3 Å². The normalized spacial score (nSPS) is 12.8. The molecule has 1 amide bonds. The Kier molecular flexibility index (Phi) is 49.6. The highest BCUT2D eigenvalue weighted by Crippen LogP contribution is 2.16. The number of nitrogens with one attached hydrogen (secondary N) is 1. The third-order valence-electron chi connectivity index (χ3n) is 12.5. The van der Waals surface area contributed by atoms with Crippen LogP contribution in [0.2, 0.25) is 0 Å². The van der Waals surface area contributed by atoms with Crippen molar-refractivity contribution in [3.8, 4) is 0 Å². The molecule has 0 aliphatic rings. The second-order valence-electron chi connectivity index (χ2n) is 18.6. The summed E-state index contributed by atoms with van der Waals surface area (Å²) in [7, 11) is 0. The summed E-state index contributed by atoms with van der Waals surface area (Å²) in [6.45, 7) is 4.87. The molecule has 2 unspecified atom stereocenters. The number of esters is 1. The highest BCUT2D eigenvalue weighted by molar-refractivity contribution is 5.76. The van der Waals surface area contributed by atoms with Crippen LogP contribution in [0.4, 0.5) is 0 Å². The Morgan fingerprint density at radius 1 is 0.443 bits per heavy atom. The predicted octanol–water partition coefficient (Wildman–Crippen LogP) is 16.3. The van der Waals surface area contributed by atoms with Crippen LogP contribution < -0.4 is 5.32 Å². The Bertz CT molecular complexity index is 951. The summed E-state index contributed by atoms with van der Waals surface area (Å²) in [6, 6.07) is -0.633. The van der Waals surface area contributed by atoms with Crippen LogP contribution in [0.25, 0.3) is 0 Å². The molecule has 0 rings (SSSR count). The average molecular weight is 860 g/mol. The van der Waals surface area contributed by atoms with E-state index in [0.717, 1.165) is 51.4 Å². The van der Waals surface area contributed by atoms with E-state index in [4.69, 9.17) is 4.74 Å². The largest absolute Gasteiger partial charge is 0.466 e. The number of rotatable bonds is 50. The van der Waals surface area contributed by atoms with Crippen LogP contribution in [0.15, 0.2) is 24.3 Å². The lowest BCUT2D eigenvalue weighted by atomic mass is 10.0. The molecule has 0 spiro atoms. The minimum Gasteiger partial charge on any atom is -0.466 e. The monoisotopic (exact) mass is 860 g/mol. The zero-order valence-electron chi connectivity index (χ0n) is 40.9. The van der Waals surface area contributed by atoms with Crippen molar-refractivity contribution in [3.63, 3.8) is 0 Å². The van der Waals surface area contributed by atoms with E-state index in [1.54, 1.807) is 6.08 Å². The van der Waals surface area contributed by atoms with Crippen LogP contribution in [0.3, 0.4) is 0 Å². The molecule has 0 aromatic rings. The second-order valence-corrected chi connectivity index (χ2v) is 18.6. The Morgan fingerprint density at radius 3 is 1.16 bits per heavy atom. The van der Waals surface area contributed by atoms with Crippen molar-refractivity contribution in [1.29, 1.82) is 0 Å². The highest BCUT2D eigenvalue weighted by atomic mass is 16.5. The minimum absolute atomic E-state index is 0.00400. The van der Waals surface area contributed by atoms with E-state index in [9.17, 15) is 19.8 Å². The van der Waals surface area contributed by atoms with Gasteiger partial charge in [0.2, 0.25) is 5.91 Å². The zero-order chi connectivity index (χ0) is 44.4. The average Bonchev–Trinajstić information content (AvgIpc) is 3.26. The summed E-state index contributed by atoms with van der Waals surface area (Å²) in [4.78, 5) is 24.5. The maximum Gasteiger partial charge on any atom is 0.305 e. The molecule has 0 aliphatic carbocycles. The van der Waals surface area contributed by atoms with E-state index in [0.29, 0.717) is 19.4 Å². The molecule has 6 nitrogen and oxygen atoms in total. The number of hydrogen-bond donors (Lipinski definition) is 3. The highest BCUT2D eigenvalue weighted by Gasteiger charge is 2.18. The van der Waals surface area contributed by atoms with Gasteiger partial charge in [-0.3, -0.25) is 9.59 Å². The SMILES string of the molecule is CCCCCCCC/C=C\CCCCCCCCCC(=O)OCCCCCCCCCCCCCCCCCC(=O)NC(CO)C(O)/C=C/CCCCCCCCCCCC. The van der Waals surface area contributed by atoms with Gasteiger partial charge in [0.25, 0.3) is 0 Å². The summed E-state index contributed by atoms with van der Waals surface area (Å²) in [5.41, 5.74) is 0. The van der Waals surface area contributed by atoms with Crippen LogP contribution in [-0.2, 0) is 14.3 Å². The number of aliphatic hydroxyl groups is 2. The van der Waals surface area contributed by atoms with Crippen LogP contribution in [0, 0.1) is 0 Å². The van der Waals surface area contributed by atoms with Crippen molar-refractivity contribution in [3.05, 3.63) is 24.3 Å². The van der Waals surface area contributed by atoms with Gasteiger partial charge in [-0.15, -0.1) is 0 Å². The lowest BCUT2D eigenvalue weighted by Crippen LogP contribution is -2.45. The lowest BCUT2D eigenvalue weighted by molar-refractivity contribution is -0.143. The molecule has 6 heteroatoms. The lowest BCUT2D eigenvalue weighted by Gasteiger charge is -2.20. The number of carbonyl (C=O) groups excluding carboxylic acids is 2. The van der Waals surface area contributed by atoms with Crippen LogP contribution in [0.1, 0.15) is 290 Å². The van der Waals surface area contributed by atoms with E-state index >= 15 is 0 Å². The first-order valence-electron chi connectivity index (χ1n) is 27.1. The fourth-order valence-electron chi connectivity index (χ4n) is 8.27. The summed E-state index contributed by atoms with van der Waals surface area (Å²) in [5, 5.41) is 23.0. The first-order chi connectivity index (χ1) is 30.0. The standard InChI is InChI=1S/C55H105NO5/c1-3-5-7-9-11-13-15-17-18-19-22-25-29-33-37-41-45-49-55(60)61-50-46-42-38-34-30-26-23-20-21-24-28-32-36-40-44-48-54(59)56-52(51-57)53(58)47-43-39-35-31-27-16-14-12-10-8-6-4-2/h17-18,43,47,52-53,57-58H,3-16,19-42,44-46,48-51H2,1-2H3,(H,56,59)/b18-17-,47-43+. The topological polar surface area (TPSA) is 95.9 Å². The molecular weight excluding hydrogens is 755 g/mol. The zero-order valence-corrected chi connectivity index (χ0v) is 40.9. The Labute approximate surface area is 380 Å². The van der Waals surface area contributed by atoms with Gasteiger partial charge in [-0.2, -0.15) is 0 Å². The van der Waals surface area contributed by atoms with Gasteiger partial charge < -0.3 is 20.3 Å². The maximum absolute atomic E-state index is 12.4. The molecule has 0 aliphatic heterocycles. The van der Waals surface area contributed by atoms with Crippen LogP contribution in [-0.4, -0.2) is 47.4 Å².